The van der Waals surface area contributed by atoms with Crippen molar-refractivity contribution in [2.75, 3.05) is 25.1 Å². The van der Waals surface area contributed by atoms with E-state index in [4.69, 9.17) is 4.74 Å². The second kappa shape index (κ2) is 6.68. The first kappa shape index (κ1) is 17.2. The molecule has 2 heterocycles. The fourth-order valence-electron chi connectivity index (χ4n) is 2.86. The summed E-state index contributed by atoms with van der Waals surface area (Å²) in [6.45, 7) is 1.54. The summed E-state index contributed by atoms with van der Waals surface area (Å²) in [6.07, 6.45) is -2.13. The minimum Gasteiger partial charge on any atom is -0.381 e. The average Bonchev–Trinajstić information content (AvgIpc) is 3.04. The first-order valence-corrected chi connectivity index (χ1v) is 8.31. The molecule has 1 aromatic heterocycles. The van der Waals surface area contributed by atoms with Crippen molar-refractivity contribution in [2.45, 2.75) is 24.4 Å². The second-order valence-electron chi connectivity index (χ2n) is 5.78. The van der Waals surface area contributed by atoms with Gasteiger partial charge in [-0.3, -0.25) is 0 Å². The molecule has 0 radical (unpaired) electrons. The van der Waals surface area contributed by atoms with Gasteiger partial charge in [-0.1, -0.05) is 23.5 Å². The Balaban J connectivity index is 1.78. The summed E-state index contributed by atoms with van der Waals surface area (Å²) in [6, 6.07) is 6.26. The zero-order valence-corrected chi connectivity index (χ0v) is 13.5. The van der Waals surface area contributed by atoms with E-state index < -0.39 is 11.1 Å². The van der Waals surface area contributed by atoms with E-state index in [0.717, 1.165) is 11.8 Å². The van der Waals surface area contributed by atoms with E-state index in [1.54, 1.807) is 12.1 Å². The molecule has 3 nitrogen and oxygen atoms in total. The van der Waals surface area contributed by atoms with Gasteiger partial charge in [0, 0.05) is 25.2 Å². The van der Waals surface area contributed by atoms with Crippen LogP contribution in [0.1, 0.15) is 23.3 Å². The Bertz CT molecular complexity index is 678. The molecule has 130 valence electrons. The number of ether oxygens (including phenoxy) is 1. The third-order valence-electron chi connectivity index (χ3n) is 4.27. The van der Waals surface area contributed by atoms with E-state index in [0.29, 0.717) is 43.9 Å². The number of halogens is 4. The van der Waals surface area contributed by atoms with Crippen LogP contribution in [0.2, 0.25) is 0 Å². The van der Waals surface area contributed by atoms with E-state index >= 15 is 0 Å². The molecular weight excluding hydrogens is 344 g/mol. The minimum absolute atomic E-state index is 0.232. The molecule has 1 fully saturated rings. The predicted octanol–water partition coefficient (Wildman–Crippen LogP) is 4.46. The number of thiazole rings is 1. The standard InChI is InChI=1S/C16H16F4N2OS/c17-12-3-1-11(2-4-12)15(5-7-23-8-6-15)10-22-14-21-9-13(24-14)16(18,19)20/h1-4,9H,5-8,10H2,(H,21,22). The molecule has 1 N–H and O–H groups in total. The first-order valence-electron chi connectivity index (χ1n) is 7.50. The highest BCUT2D eigenvalue weighted by atomic mass is 32.1. The molecule has 1 saturated heterocycles. The molecule has 0 spiro atoms. The van der Waals surface area contributed by atoms with Gasteiger partial charge in [0.1, 0.15) is 10.7 Å². The van der Waals surface area contributed by atoms with Crippen molar-refractivity contribution in [3.05, 3.63) is 46.7 Å². The van der Waals surface area contributed by atoms with Crippen molar-refractivity contribution in [1.29, 1.82) is 0 Å². The van der Waals surface area contributed by atoms with Crippen LogP contribution in [-0.2, 0) is 16.3 Å². The van der Waals surface area contributed by atoms with E-state index in [9.17, 15) is 17.6 Å². The van der Waals surface area contributed by atoms with Crippen molar-refractivity contribution in [2.24, 2.45) is 0 Å². The predicted molar refractivity (Wildman–Crippen MR) is 83.7 cm³/mol. The maximum absolute atomic E-state index is 13.2. The molecule has 24 heavy (non-hydrogen) atoms. The van der Waals surface area contributed by atoms with Crippen LogP contribution in [0.15, 0.2) is 30.5 Å². The van der Waals surface area contributed by atoms with Crippen LogP contribution in [0.25, 0.3) is 0 Å². The van der Waals surface area contributed by atoms with E-state index in [1.165, 1.54) is 12.1 Å². The summed E-state index contributed by atoms with van der Waals surface area (Å²) in [5, 5.41) is 3.25. The van der Waals surface area contributed by atoms with Gasteiger partial charge in [-0.15, -0.1) is 0 Å². The van der Waals surface area contributed by atoms with Crippen molar-refractivity contribution in [3.63, 3.8) is 0 Å². The van der Waals surface area contributed by atoms with Crippen LogP contribution in [0, 0.1) is 5.82 Å². The summed E-state index contributed by atoms with van der Waals surface area (Å²) in [4.78, 5) is 3.07. The molecule has 8 heteroatoms. The molecule has 0 unspecified atom stereocenters. The Morgan fingerprint density at radius 3 is 2.42 bits per heavy atom. The van der Waals surface area contributed by atoms with Crippen LogP contribution in [0.4, 0.5) is 22.7 Å². The minimum atomic E-state index is -4.38. The lowest BCUT2D eigenvalue weighted by molar-refractivity contribution is -0.134. The van der Waals surface area contributed by atoms with Crippen LogP contribution >= 0.6 is 11.3 Å². The topological polar surface area (TPSA) is 34.2 Å². The number of hydrogen-bond acceptors (Lipinski definition) is 4. The highest BCUT2D eigenvalue weighted by molar-refractivity contribution is 7.15. The number of anilines is 1. The molecule has 0 amide bonds. The maximum atomic E-state index is 13.2. The van der Waals surface area contributed by atoms with Gasteiger partial charge in [0.2, 0.25) is 0 Å². The van der Waals surface area contributed by atoms with E-state index in [-0.39, 0.29) is 16.4 Å². The Morgan fingerprint density at radius 2 is 1.83 bits per heavy atom. The number of rotatable bonds is 4. The normalized spacial score (nSPS) is 17.7. The monoisotopic (exact) mass is 360 g/mol. The Hall–Kier alpha value is -1.67. The fourth-order valence-corrected chi connectivity index (χ4v) is 3.54. The lowest BCUT2D eigenvalue weighted by Gasteiger charge is -2.38. The molecule has 0 saturated carbocycles. The van der Waals surface area contributed by atoms with Crippen molar-refractivity contribution < 1.29 is 22.3 Å². The Kier molecular flexibility index (Phi) is 4.78. The van der Waals surface area contributed by atoms with Crippen LogP contribution < -0.4 is 5.32 Å². The number of aromatic nitrogens is 1. The van der Waals surface area contributed by atoms with Crippen LogP contribution in [0.3, 0.4) is 0 Å². The molecule has 1 aromatic carbocycles. The molecule has 0 atom stereocenters. The summed E-state index contributed by atoms with van der Waals surface area (Å²) in [5.74, 6) is -0.316. The number of nitrogens with one attached hydrogen (secondary N) is 1. The molecule has 2 aromatic rings. The SMILES string of the molecule is Fc1ccc(C2(CNc3ncc(C(F)(F)F)s3)CCOCC2)cc1. The van der Waals surface area contributed by atoms with Crippen LogP contribution in [0.5, 0.6) is 0 Å². The lowest BCUT2D eigenvalue weighted by atomic mass is 9.74. The highest BCUT2D eigenvalue weighted by Gasteiger charge is 2.36. The lowest BCUT2D eigenvalue weighted by Crippen LogP contribution is -2.40. The molecular formula is C16H16F4N2OS. The first-order chi connectivity index (χ1) is 11.4. The van der Waals surface area contributed by atoms with Crippen molar-refractivity contribution in [3.8, 4) is 0 Å². The Labute approximate surface area is 140 Å². The average molecular weight is 360 g/mol. The highest BCUT2D eigenvalue weighted by Crippen LogP contribution is 2.38. The van der Waals surface area contributed by atoms with Gasteiger partial charge in [-0.2, -0.15) is 13.2 Å². The Morgan fingerprint density at radius 1 is 1.17 bits per heavy atom. The van der Waals surface area contributed by atoms with Crippen molar-refractivity contribution >= 4 is 16.5 Å². The second-order valence-corrected chi connectivity index (χ2v) is 6.81. The van der Waals surface area contributed by atoms with Gasteiger partial charge in [-0.05, 0) is 30.5 Å². The molecule has 0 bridgehead atoms. The summed E-state index contributed by atoms with van der Waals surface area (Å²) in [7, 11) is 0. The summed E-state index contributed by atoms with van der Waals surface area (Å²) < 4.78 is 56.6. The van der Waals surface area contributed by atoms with Gasteiger partial charge >= 0.3 is 6.18 Å². The zero-order chi connectivity index (χ0) is 17.2. The fraction of sp³-hybridized carbons (Fsp3) is 0.438. The van der Waals surface area contributed by atoms with Gasteiger partial charge in [0.05, 0.1) is 6.20 Å². The van der Waals surface area contributed by atoms with Gasteiger partial charge in [-0.25, -0.2) is 9.37 Å². The maximum Gasteiger partial charge on any atom is 0.427 e. The third kappa shape index (κ3) is 3.70. The molecule has 1 aliphatic rings. The van der Waals surface area contributed by atoms with E-state index in [2.05, 4.69) is 10.3 Å². The summed E-state index contributed by atoms with van der Waals surface area (Å²) in [5.41, 5.74) is 0.642. The van der Waals surface area contributed by atoms with Crippen molar-refractivity contribution in [1.82, 2.24) is 4.98 Å². The van der Waals surface area contributed by atoms with E-state index in [1.807, 2.05) is 0 Å². The summed E-state index contributed by atoms with van der Waals surface area (Å²) >= 11 is 0.586. The smallest absolute Gasteiger partial charge is 0.381 e. The zero-order valence-electron chi connectivity index (χ0n) is 12.7. The van der Waals surface area contributed by atoms with Gasteiger partial charge < -0.3 is 10.1 Å². The third-order valence-corrected chi connectivity index (χ3v) is 5.27. The quantitative estimate of drug-likeness (QED) is 0.818. The van der Waals surface area contributed by atoms with Gasteiger partial charge in [0.25, 0.3) is 0 Å². The number of nitrogens with zero attached hydrogens (tertiary/aromatic N) is 1. The molecule has 3 rings (SSSR count). The molecule has 0 aliphatic carbocycles. The number of alkyl halides is 3. The van der Waals surface area contributed by atoms with Crippen LogP contribution in [-0.4, -0.2) is 24.7 Å². The number of hydrogen-bond donors (Lipinski definition) is 1. The molecule has 1 aliphatic heterocycles. The van der Waals surface area contributed by atoms with Gasteiger partial charge in [0.15, 0.2) is 5.13 Å². The number of benzene rings is 1. The largest absolute Gasteiger partial charge is 0.427 e.